The van der Waals surface area contributed by atoms with Crippen molar-refractivity contribution < 1.29 is 18.0 Å². The van der Waals surface area contributed by atoms with E-state index in [9.17, 15) is 18.0 Å². The number of rotatable bonds is 2. The molecular weight excluding hydrogens is 289 g/mol. The molecule has 0 radical (unpaired) electrons. The molecule has 1 amide bonds. The van der Waals surface area contributed by atoms with E-state index in [1.54, 1.807) is 0 Å². The number of piperidine rings is 1. The molecule has 0 unspecified atom stereocenters. The first-order chi connectivity index (χ1) is 9.17. The van der Waals surface area contributed by atoms with Gasteiger partial charge in [-0.25, -0.2) is 0 Å². The van der Waals surface area contributed by atoms with Crippen molar-refractivity contribution in [3.63, 3.8) is 0 Å². The van der Waals surface area contributed by atoms with Gasteiger partial charge in [-0.15, -0.1) is 0 Å². The molecule has 0 aromatic carbocycles. The molecule has 1 aliphatic heterocycles. The summed E-state index contributed by atoms with van der Waals surface area (Å²) in [6.45, 7) is 2.29. The number of hydrogen-bond acceptors (Lipinski definition) is 2. The van der Waals surface area contributed by atoms with Gasteiger partial charge in [0.2, 0.25) is 5.91 Å². The first kappa shape index (κ1) is 15.5. The summed E-state index contributed by atoms with van der Waals surface area (Å²) in [5, 5.41) is 0. The van der Waals surface area contributed by atoms with Crippen LogP contribution >= 0.6 is 12.2 Å². The van der Waals surface area contributed by atoms with Crippen molar-refractivity contribution in [3.05, 3.63) is 0 Å². The zero-order valence-electron chi connectivity index (χ0n) is 11.4. The number of thiocarbonyl (C=S) groups is 1. The third-order valence-electron chi connectivity index (χ3n) is 4.52. The van der Waals surface area contributed by atoms with E-state index in [4.69, 9.17) is 18.0 Å². The highest BCUT2D eigenvalue weighted by atomic mass is 32.1. The van der Waals surface area contributed by atoms with Crippen molar-refractivity contribution in [1.29, 1.82) is 0 Å². The number of carbonyl (C=O) groups excluding carboxylic acids is 1. The van der Waals surface area contributed by atoms with Gasteiger partial charge in [0.1, 0.15) is 0 Å². The molecule has 0 aromatic rings. The lowest BCUT2D eigenvalue weighted by molar-refractivity contribution is -0.188. The molecule has 1 saturated carbocycles. The number of carbonyl (C=O) groups is 1. The number of amides is 1. The van der Waals surface area contributed by atoms with E-state index in [0.29, 0.717) is 18.8 Å². The highest BCUT2D eigenvalue weighted by molar-refractivity contribution is 7.80. The number of nitrogens with two attached hydrogens (primary N) is 1. The van der Waals surface area contributed by atoms with E-state index in [1.807, 2.05) is 6.92 Å². The summed E-state index contributed by atoms with van der Waals surface area (Å²) in [5.74, 6) is -1.09. The Balaban J connectivity index is 2.00. The third-order valence-corrected chi connectivity index (χ3v) is 4.91. The molecule has 1 aliphatic carbocycles. The van der Waals surface area contributed by atoms with Gasteiger partial charge in [0.05, 0.1) is 16.3 Å². The van der Waals surface area contributed by atoms with Crippen LogP contribution in [0, 0.1) is 17.3 Å². The molecule has 20 heavy (non-hydrogen) atoms. The van der Waals surface area contributed by atoms with Crippen LogP contribution in [0.15, 0.2) is 0 Å². The predicted octanol–water partition coefficient (Wildman–Crippen LogP) is 2.49. The van der Waals surface area contributed by atoms with Crippen LogP contribution in [0.1, 0.15) is 32.6 Å². The monoisotopic (exact) mass is 308 g/mol. The van der Waals surface area contributed by atoms with Crippen LogP contribution in [0.25, 0.3) is 0 Å². The van der Waals surface area contributed by atoms with Gasteiger partial charge in [-0.05, 0) is 31.6 Å². The normalized spacial score (nSPS) is 31.8. The molecule has 1 heterocycles. The highest BCUT2D eigenvalue weighted by Crippen LogP contribution is 2.47. The maximum absolute atomic E-state index is 12.6. The molecule has 7 heteroatoms. The molecule has 0 atom stereocenters. The lowest BCUT2D eigenvalue weighted by Crippen LogP contribution is -2.58. The smallest absolute Gasteiger partial charge is 0.391 e. The van der Waals surface area contributed by atoms with Crippen LogP contribution in [-0.4, -0.2) is 35.1 Å². The fraction of sp³-hybridized carbons (Fsp3) is 0.846. The minimum atomic E-state index is -4.17. The number of nitrogens with zero attached hydrogens (tertiary/aromatic N) is 1. The summed E-state index contributed by atoms with van der Waals surface area (Å²) < 4.78 is 37.8. The Bertz CT molecular complexity index is 410. The van der Waals surface area contributed by atoms with Crippen molar-refractivity contribution in [2.75, 3.05) is 13.1 Å². The minimum absolute atomic E-state index is 0.0296. The van der Waals surface area contributed by atoms with E-state index in [1.165, 1.54) is 4.90 Å². The molecule has 0 spiro atoms. The number of alkyl halides is 3. The standard InChI is InChI=1S/C13H19F3N2OS/c1-8-6-12(7-8,10(17)20)11(19)18-4-2-9(3-5-18)13(14,15)16/h8-9H,2-7H2,1H3,(H2,17,20). The van der Waals surface area contributed by atoms with Crippen molar-refractivity contribution in [2.24, 2.45) is 23.0 Å². The largest absolute Gasteiger partial charge is 0.392 e. The SMILES string of the molecule is CC1CC(C(=O)N2CCC(C(F)(F)F)CC2)(C(N)=S)C1. The van der Waals surface area contributed by atoms with Crippen molar-refractivity contribution >= 4 is 23.1 Å². The van der Waals surface area contributed by atoms with E-state index in [0.717, 1.165) is 0 Å². The average molecular weight is 308 g/mol. The summed E-state index contributed by atoms with van der Waals surface area (Å²) in [4.78, 5) is 14.2. The molecule has 1 saturated heterocycles. The second-order valence-electron chi connectivity index (χ2n) is 6.07. The van der Waals surface area contributed by atoms with Crippen LogP contribution in [0.5, 0.6) is 0 Å². The maximum atomic E-state index is 12.6. The lowest BCUT2D eigenvalue weighted by Gasteiger charge is -2.47. The Morgan fingerprint density at radius 2 is 1.80 bits per heavy atom. The van der Waals surface area contributed by atoms with E-state index in [-0.39, 0.29) is 36.8 Å². The molecule has 2 fully saturated rings. The first-order valence-corrected chi connectivity index (χ1v) is 7.23. The number of likely N-dealkylation sites (tertiary alicyclic amines) is 1. The fourth-order valence-electron chi connectivity index (χ4n) is 3.32. The maximum Gasteiger partial charge on any atom is 0.391 e. The second-order valence-corrected chi connectivity index (χ2v) is 6.51. The molecular formula is C13H19F3N2OS. The Labute approximate surface area is 121 Å². The van der Waals surface area contributed by atoms with Gasteiger partial charge in [-0.1, -0.05) is 19.1 Å². The molecule has 2 rings (SSSR count). The minimum Gasteiger partial charge on any atom is -0.392 e. The van der Waals surface area contributed by atoms with Crippen LogP contribution < -0.4 is 5.73 Å². The van der Waals surface area contributed by atoms with Crippen molar-refractivity contribution in [2.45, 2.75) is 38.8 Å². The molecule has 2 N–H and O–H groups in total. The Morgan fingerprint density at radius 1 is 1.30 bits per heavy atom. The highest BCUT2D eigenvalue weighted by Gasteiger charge is 2.53. The quantitative estimate of drug-likeness (QED) is 0.797. The molecule has 3 nitrogen and oxygen atoms in total. The van der Waals surface area contributed by atoms with E-state index in [2.05, 4.69) is 0 Å². The summed E-state index contributed by atoms with van der Waals surface area (Å²) in [7, 11) is 0. The Kier molecular flexibility index (Phi) is 4.01. The summed E-state index contributed by atoms with van der Waals surface area (Å²) >= 11 is 5.01. The lowest BCUT2D eigenvalue weighted by atomic mass is 9.61. The van der Waals surface area contributed by atoms with Crippen LogP contribution in [0.2, 0.25) is 0 Å². The predicted molar refractivity (Wildman–Crippen MR) is 73.0 cm³/mol. The van der Waals surface area contributed by atoms with E-state index < -0.39 is 17.5 Å². The van der Waals surface area contributed by atoms with Gasteiger partial charge in [0.15, 0.2) is 0 Å². The summed E-state index contributed by atoms with van der Waals surface area (Å²) in [5.41, 5.74) is 4.90. The molecule has 2 aliphatic rings. The van der Waals surface area contributed by atoms with Crippen molar-refractivity contribution in [3.8, 4) is 0 Å². The average Bonchev–Trinajstić information content (AvgIpc) is 2.32. The zero-order valence-corrected chi connectivity index (χ0v) is 12.2. The van der Waals surface area contributed by atoms with Gasteiger partial charge in [0.25, 0.3) is 0 Å². The summed E-state index contributed by atoms with van der Waals surface area (Å²) in [6, 6.07) is 0. The Morgan fingerprint density at radius 3 is 2.15 bits per heavy atom. The van der Waals surface area contributed by atoms with Crippen LogP contribution in [0.4, 0.5) is 13.2 Å². The second kappa shape index (κ2) is 5.16. The van der Waals surface area contributed by atoms with Crippen LogP contribution in [-0.2, 0) is 4.79 Å². The third kappa shape index (κ3) is 2.64. The Hall–Kier alpha value is -0.850. The molecule has 114 valence electrons. The van der Waals surface area contributed by atoms with Gasteiger partial charge in [-0.3, -0.25) is 4.79 Å². The van der Waals surface area contributed by atoms with Gasteiger partial charge >= 0.3 is 6.18 Å². The summed E-state index contributed by atoms with van der Waals surface area (Å²) in [6.07, 6.45) is -3.00. The van der Waals surface area contributed by atoms with E-state index >= 15 is 0 Å². The van der Waals surface area contributed by atoms with Gasteiger partial charge in [0, 0.05) is 13.1 Å². The first-order valence-electron chi connectivity index (χ1n) is 6.83. The topological polar surface area (TPSA) is 46.3 Å². The van der Waals surface area contributed by atoms with Gasteiger partial charge in [-0.2, -0.15) is 13.2 Å². The molecule has 0 bridgehead atoms. The number of hydrogen-bond donors (Lipinski definition) is 1. The van der Waals surface area contributed by atoms with Gasteiger partial charge < -0.3 is 10.6 Å². The fourth-order valence-corrected chi connectivity index (χ4v) is 3.58. The molecule has 0 aromatic heterocycles. The van der Waals surface area contributed by atoms with Crippen LogP contribution in [0.3, 0.4) is 0 Å². The number of halogens is 3. The zero-order chi connectivity index (χ0) is 15.1. The van der Waals surface area contributed by atoms with Crippen molar-refractivity contribution in [1.82, 2.24) is 4.90 Å².